The van der Waals surface area contributed by atoms with Crippen LogP contribution in [0.3, 0.4) is 0 Å². The lowest BCUT2D eigenvalue weighted by molar-refractivity contribution is 0.272. The maximum Gasteiger partial charge on any atom is 0.242 e. The van der Waals surface area contributed by atoms with Crippen molar-refractivity contribution in [1.29, 1.82) is 0 Å². The van der Waals surface area contributed by atoms with Gasteiger partial charge >= 0.3 is 0 Å². The maximum absolute atomic E-state index is 12.2. The van der Waals surface area contributed by atoms with Gasteiger partial charge in [-0.3, -0.25) is 0 Å². The molecule has 0 spiro atoms. The molecular weight excluding hydrogens is 276 g/mol. The van der Waals surface area contributed by atoms with Crippen LogP contribution >= 0.6 is 0 Å². The molecule has 1 unspecified atom stereocenters. The molecule has 5 nitrogen and oxygen atoms in total. The molecule has 0 aliphatic heterocycles. The zero-order chi connectivity index (χ0) is 15.3. The Hall–Kier alpha value is -0.850. The molecule has 20 heavy (non-hydrogen) atoms. The lowest BCUT2D eigenvalue weighted by Gasteiger charge is -2.14. The number of hydrogen-bond acceptors (Lipinski definition) is 3. The number of nitrogens with one attached hydrogen (secondary N) is 1. The first-order chi connectivity index (χ1) is 9.26. The summed E-state index contributed by atoms with van der Waals surface area (Å²) >= 11 is 0. The van der Waals surface area contributed by atoms with Gasteiger partial charge in [-0.25, -0.2) is 13.1 Å². The number of aliphatic hydroxyl groups is 1. The second kappa shape index (κ2) is 7.24. The Bertz CT molecular complexity index is 521. The number of rotatable bonds is 8. The van der Waals surface area contributed by atoms with Gasteiger partial charge in [0.1, 0.15) is 0 Å². The van der Waals surface area contributed by atoms with Crippen molar-refractivity contribution in [1.82, 2.24) is 9.29 Å². The molecular formula is C14H26N2O3S. The number of sulfonamides is 1. The largest absolute Gasteiger partial charge is 0.390 e. The lowest BCUT2D eigenvalue weighted by atomic mass is 10.0. The fourth-order valence-corrected chi connectivity index (χ4v) is 3.48. The molecule has 6 heteroatoms. The first-order valence-corrected chi connectivity index (χ1v) is 8.53. The summed E-state index contributed by atoms with van der Waals surface area (Å²) in [5.41, 5.74) is 0.581. The van der Waals surface area contributed by atoms with Crippen molar-refractivity contribution < 1.29 is 13.5 Å². The molecule has 2 N–H and O–H groups in total. The molecule has 0 aromatic carbocycles. The normalized spacial score (nSPS) is 13.9. The number of hydrogen-bond donors (Lipinski definition) is 2. The molecule has 0 radical (unpaired) electrons. The Labute approximate surface area is 122 Å². The van der Waals surface area contributed by atoms with E-state index in [2.05, 4.69) is 18.6 Å². The van der Waals surface area contributed by atoms with Gasteiger partial charge in [0.25, 0.3) is 0 Å². The van der Waals surface area contributed by atoms with Crippen molar-refractivity contribution in [2.45, 2.75) is 57.6 Å². The van der Waals surface area contributed by atoms with Gasteiger partial charge < -0.3 is 9.67 Å². The summed E-state index contributed by atoms with van der Waals surface area (Å²) in [6.45, 7) is 6.04. The van der Waals surface area contributed by atoms with Crippen LogP contribution in [0.15, 0.2) is 17.2 Å². The van der Waals surface area contributed by atoms with Gasteiger partial charge in [0, 0.05) is 25.0 Å². The van der Waals surface area contributed by atoms with E-state index in [9.17, 15) is 8.42 Å². The van der Waals surface area contributed by atoms with E-state index in [1.165, 1.54) is 12.3 Å². The molecule has 1 aromatic heterocycles. The van der Waals surface area contributed by atoms with Crippen LogP contribution in [0, 0.1) is 5.92 Å². The van der Waals surface area contributed by atoms with Crippen molar-refractivity contribution in [2.75, 3.05) is 0 Å². The monoisotopic (exact) mass is 302 g/mol. The highest BCUT2D eigenvalue weighted by atomic mass is 32.2. The van der Waals surface area contributed by atoms with E-state index in [-0.39, 0.29) is 17.5 Å². The van der Waals surface area contributed by atoms with Crippen molar-refractivity contribution in [3.05, 3.63) is 18.0 Å². The van der Waals surface area contributed by atoms with Gasteiger partial charge in [-0.1, -0.05) is 26.7 Å². The Balaban J connectivity index is 2.64. The number of aromatic nitrogens is 1. The lowest BCUT2D eigenvalue weighted by Crippen LogP contribution is -2.32. The molecule has 1 heterocycles. The highest BCUT2D eigenvalue weighted by Crippen LogP contribution is 2.15. The molecule has 0 amide bonds. The van der Waals surface area contributed by atoms with Crippen molar-refractivity contribution in [3.63, 3.8) is 0 Å². The average molecular weight is 302 g/mol. The van der Waals surface area contributed by atoms with E-state index >= 15 is 0 Å². The highest BCUT2D eigenvalue weighted by molar-refractivity contribution is 7.89. The van der Waals surface area contributed by atoms with Crippen LogP contribution in [-0.2, 0) is 23.7 Å². The molecule has 1 atom stereocenters. The van der Waals surface area contributed by atoms with E-state index in [0.29, 0.717) is 11.6 Å². The zero-order valence-electron chi connectivity index (χ0n) is 12.8. The van der Waals surface area contributed by atoms with Crippen LogP contribution in [-0.4, -0.2) is 24.1 Å². The molecule has 0 saturated carbocycles. The molecule has 0 aliphatic rings. The Morgan fingerprint density at radius 1 is 1.30 bits per heavy atom. The first kappa shape index (κ1) is 17.2. The van der Waals surface area contributed by atoms with Gasteiger partial charge in [0.05, 0.1) is 11.5 Å². The van der Waals surface area contributed by atoms with E-state index < -0.39 is 10.0 Å². The Kier molecular flexibility index (Phi) is 6.23. The van der Waals surface area contributed by atoms with Crippen molar-refractivity contribution in [3.8, 4) is 0 Å². The molecule has 116 valence electrons. The maximum atomic E-state index is 12.2. The third kappa shape index (κ3) is 4.92. The van der Waals surface area contributed by atoms with Crippen molar-refractivity contribution in [2.24, 2.45) is 13.0 Å². The van der Waals surface area contributed by atoms with Gasteiger partial charge in [-0.15, -0.1) is 0 Å². The first-order valence-electron chi connectivity index (χ1n) is 7.04. The summed E-state index contributed by atoms with van der Waals surface area (Å²) in [6.07, 6.45) is 4.47. The topological polar surface area (TPSA) is 71.3 Å². The molecule has 1 rings (SSSR count). The van der Waals surface area contributed by atoms with Gasteiger partial charge in [0.15, 0.2) is 0 Å². The van der Waals surface area contributed by atoms with Crippen LogP contribution in [0.4, 0.5) is 0 Å². The second-order valence-electron chi connectivity index (χ2n) is 5.78. The second-order valence-corrected chi connectivity index (χ2v) is 7.50. The quantitative estimate of drug-likeness (QED) is 0.771. The summed E-state index contributed by atoms with van der Waals surface area (Å²) in [5, 5.41) is 9.11. The predicted octanol–water partition coefficient (Wildman–Crippen LogP) is 2.01. The number of aliphatic hydroxyl groups excluding tert-OH is 1. The molecule has 0 bridgehead atoms. The minimum Gasteiger partial charge on any atom is -0.390 e. The van der Waals surface area contributed by atoms with Crippen molar-refractivity contribution >= 4 is 10.0 Å². The smallest absolute Gasteiger partial charge is 0.242 e. The summed E-state index contributed by atoms with van der Waals surface area (Å²) in [5.74, 6) is 0.639. The highest BCUT2D eigenvalue weighted by Gasteiger charge is 2.19. The number of aryl methyl sites for hydroxylation is 1. The third-order valence-electron chi connectivity index (χ3n) is 3.33. The standard InChI is InChI=1S/C14H26N2O3S/c1-11(2)6-5-7-12(3)15-20(18,19)14-8-13(10-17)16(4)9-14/h8-9,11-12,15,17H,5-7,10H2,1-4H3. The number of nitrogens with zero attached hydrogens (tertiary/aromatic N) is 1. The van der Waals surface area contributed by atoms with Gasteiger partial charge in [-0.2, -0.15) is 0 Å². The van der Waals surface area contributed by atoms with E-state index in [4.69, 9.17) is 5.11 Å². The van der Waals surface area contributed by atoms with E-state index in [1.807, 2.05) is 6.92 Å². The summed E-state index contributed by atoms with van der Waals surface area (Å²) in [4.78, 5) is 0.208. The van der Waals surface area contributed by atoms with Crippen LogP contribution in [0.25, 0.3) is 0 Å². The van der Waals surface area contributed by atoms with Crippen LogP contribution in [0.5, 0.6) is 0 Å². The fraction of sp³-hybridized carbons (Fsp3) is 0.714. The van der Waals surface area contributed by atoms with Crippen LogP contribution in [0.2, 0.25) is 0 Å². The minimum atomic E-state index is -3.50. The van der Waals surface area contributed by atoms with Gasteiger partial charge in [-0.05, 0) is 25.3 Å². The Morgan fingerprint density at radius 2 is 1.95 bits per heavy atom. The summed E-state index contributed by atoms with van der Waals surface area (Å²) < 4.78 is 28.7. The molecule has 0 saturated heterocycles. The zero-order valence-corrected chi connectivity index (χ0v) is 13.6. The summed E-state index contributed by atoms with van der Waals surface area (Å²) in [6, 6.07) is 1.42. The third-order valence-corrected chi connectivity index (χ3v) is 4.89. The Morgan fingerprint density at radius 3 is 2.45 bits per heavy atom. The average Bonchev–Trinajstić information content (AvgIpc) is 2.70. The van der Waals surface area contributed by atoms with E-state index in [0.717, 1.165) is 19.3 Å². The predicted molar refractivity (Wildman–Crippen MR) is 79.8 cm³/mol. The minimum absolute atomic E-state index is 0.0865. The SMILES string of the molecule is CC(C)CCCC(C)NS(=O)(=O)c1cc(CO)n(C)c1. The van der Waals surface area contributed by atoms with Gasteiger partial charge in [0.2, 0.25) is 10.0 Å². The molecule has 0 fully saturated rings. The van der Waals surface area contributed by atoms with Crippen LogP contribution < -0.4 is 4.72 Å². The molecule has 0 aliphatic carbocycles. The van der Waals surface area contributed by atoms with Crippen LogP contribution in [0.1, 0.15) is 45.7 Å². The van der Waals surface area contributed by atoms with E-state index in [1.54, 1.807) is 11.6 Å². The molecule has 1 aromatic rings. The fourth-order valence-electron chi connectivity index (χ4n) is 2.11. The summed E-state index contributed by atoms with van der Waals surface area (Å²) in [7, 11) is -1.78.